The summed E-state index contributed by atoms with van der Waals surface area (Å²) < 4.78 is 0. The molecule has 0 bridgehead atoms. The van der Waals surface area contributed by atoms with Crippen molar-refractivity contribution in [1.29, 1.82) is 0 Å². The molecule has 106 valence electrons. The van der Waals surface area contributed by atoms with Gasteiger partial charge in [-0.15, -0.1) is 0 Å². The molecule has 0 amide bonds. The van der Waals surface area contributed by atoms with Crippen molar-refractivity contribution in [1.82, 2.24) is 10.0 Å². The predicted octanol–water partition coefficient (Wildman–Crippen LogP) is 2.72. The number of nitrogens with zero attached hydrogens (tertiary/aromatic N) is 3. The van der Waals surface area contributed by atoms with Crippen LogP contribution in [0.15, 0.2) is 24.5 Å². The van der Waals surface area contributed by atoms with E-state index in [1.54, 1.807) is 0 Å². The van der Waals surface area contributed by atoms with E-state index in [1.165, 1.54) is 12.1 Å². The average molecular weight is 263 g/mol. The Morgan fingerprint density at radius 2 is 2.00 bits per heavy atom. The molecule has 4 heteroatoms. The van der Waals surface area contributed by atoms with Gasteiger partial charge < -0.3 is 4.90 Å². The van der Waals surface area contributed by atoms with Crippen LogP contribution in [0.5, 0.6) is 0 Å². The number of pyridine rings is 1. The molecule has 1 fully saturated rings. The first-order chi connectivity index (χ1) is 9.40. The minimum Gasteiger partial charge on any atom is -0.370 e. The molecule has 0 saturated carbocycles. The quantitative estimate of drug-likeness (QED) is 0.764. The Labute approximate surface area is 116 Å². The molecule has 0 radical (unpaired) electrons. The zero-order chi connectivity index (χ0) is 13.3. The molecule has 0 aromatic carbocycles. The smallest absolute Gasteiger partial charge is 0.0685 e. The maximum atomic E-state index is 5.80. The van der Waals surface area contributed by atoms with E-state index in [0.717, 1.165) is 52.0 Å². The van der Waals surface area contributed by atoms with Crippen molar-refractivity contribution < 1.29 is 4.84 Å². The molecular weight excluding hydrogens is 238 g/mol. The van der Waals surface area contributed by atoms with Gasteiger partial charge in [-0.05, 0) is 31.4 Å². The van der Waals surface area contributed by atoms with Gasteiger partial charge in [-0.2, -0.15) is 5.06 Å². The maximum Gasteiger partial charge on any atom is 0.0685 e. The zero-order valence-corrected chi connectivity index (χ0v) is 11.9. The fourth-order valence-electron chi connectivity index (χ4n) is 2.37. The summed E-state index contributed by atoms with van der Waals surface area (Å²) in [4.78, 5) is 12.4. The molecule has 4 nitrogen and oxygen atoms in total. The zero-order valence-electron chi connectivity index (χ0n) is 11.9. The molecule has 2 rings (SSSR count). The van der Waals surface area contributed by atoms with Crippen LogP contribution >= 0.6 is 0 Å². The summed E-state index contributed by atoms with van der Waals surface area (Å²) in [6.45, 7) is 7.28. The van der Waals surface area contributed by atoms with Crippen LogP contribution in [0.3, 0.4) is 0 Å². The lowest BCUT2D eigenvalue weighted by Gasteiger charge is -2.31. The Morgan fingerprint density at radius 1 is 1.21 bits per heavy atom. The van der Waals surface area contributed by atoms with Crippen molar-refractivity contribution in [3.05, 3.63) is 24.5 Å². The summed E-state index contributed by atoms with van der Waals surface area (Å²) in [5.74, 6) is 0. The van der Waals surface area contributed by atoms with Crippen molar-refractivity contribution in [3.63, 3.8) is 0 Å². The van der Waals surface area contributed by atoms with Crippen molar-refractivity contribution in [2.24, 2.45) is 0 Å². The van der Waals surface area contributed by atoms with Crippen molar-refractivity contribution in [2.45, 2.75) is 32.6 Å². The van der Waals surface area contributed by atoms with Crippen LogP contribution in [0.2, 0.25) is 0 Å². The fourth-order valence-corrected chi connectivity index (χ4v) is 2.37. The second kappa shape index (κ2) is 8.12. The van der Waals surface area contributed by atoms with E-state index in [-0.39, 0.29) is 0 Å². The molecule has 1 aromatic heterocycles. The second-order valence-electron chi connectivity index (χ2n) is 5.02. The molecule has 1 aromatic rings. The van der Waals surface area contributed by atoms with E-state index in [1.807, 2.05) is 18.5 Å². The van der Waals surface area contributed by atoms with Gasteiger partial charge in [0.05, 0.1) is 18.5 Å². The predicted molar refractivity (Wildman–Crippen MR) is 78.1 cm³/mol. The summed E-state index contributed by atoms with van der Waals surface area (Å²) in [6, 6.07) is 4.15. The van der Waals surface area contributed by atoms with Gasteiger partial charge in [-0.1, -0.05) is 13.3 Å². The van der Waals surface area contributed by atoms with Crippen LogP contribution < -0.4 is 4.90 Å². The molecule has 19 heavy (non-hydrogen) atoms. The molecular formula is C15H25N3O. The summed E-state index contributed by atoms with van der Waals surface area (Å²) in [5.41, 5.74) is 1.24. The van der Waals surface area contributed by atoms with Crippen molar-refractivity contribution in [2.75, 3.05) is 37.7 Å². The van der Waals surface area contributed by atoms with Gasteiger partial charge in [0.1, 0.15) is 0 Å². The molecule has 0 atom stereocenters. The largest absolute Gasteiger partial charge is 0.370 e. The first kappa shape index (κ1) is 14.3. The van der Waals surface area contributed by atoms with E-state index in [0.29, 0.717) is 0 Å². The normalized spacial score (nSPS) is 18.1. The molecule has 0 aliphatic carbocycles. The molecule has 1 aliphatic rings. The lowest BCUT2D eigenvalue weighted by molar-refractivity contribution is -0.161. The van der Waals surface area contributed by atoms with Crippen LogP contribution in [-0.2, 0) is 4.84 Å². The molecule has 0 spiro atoms. The minimum absolute atomic E-state index is 0.864. The number of unbranched alkanes of at least 4 members (excludes halogenated alkanes) is 1. The summed E-state index contributed by atoms with van der Waals surface area (Å²) >= 11 is 0. The summed E-state index contributed by atoms with van der Waals surface area (Å²) in [7, 11) is 0. The van der Waals surface area contributed by atoms with Crippen LogP contribution in [0.25, 0.3) is 0 Å². The van der Waals surface area contributed by atoms with E-state index in [4.69, 9.17) is 4.84 Å². The van der Waals surface area contributed by atoms with Crippen molar-refractivity contribution in [3.8, 4) is 0 Å². The average Bonchev–Trinajstić information content (AvgIpc) is 2.42. The van der Waals surface area contributed by atoms with Gasteiger partial charge in [-0.25, -0.2) is 0 Å². The first-order valence-corrected chi connectivity index (χ1v) is 7.43. The molecule has 1 aliphatic heterocycles. The van der Waals surface area contributed by atoms with Gasteiger partial charge in [-0.3, -0.25) is 9.82 Å². The van der Waals surface area contributed by atoms with Crippen molar-refractivity contribution >= 4 is 5.69 Å². The fraction of sp³-hybridized carbons (Fsp3) is 0.667. The van der Waals surface area contributed by atoms with E-state index in [2.05, 4.69) is 27.9 Å². The highest BCUT2D eigenvalue weighted by Crippen LogP contribution is 2.15. The Morgan fingerprint density at radius 3 is 2.63 bits per heavy atom. The first-order valence-electron chi connectivity index (χ1n) is 7.43. The van der Waals surface area contributed by atoms with E-state index in [9.17, 15) is 0 Å². The highest BCUT2D eigenvalue weighted by molar-refractivity contribution is 5.43. The Kier molecular flexibility index (Phi) is 6.11. The minimum atomic E-state index is 0.864. The highest BCUT2D eigenvalue weighted by atomic mass is 16.7. The molecule has 2 heterocycles. The topological polar surface area (TPSA) is 28.6 Å². The molecule has 1 saturated heterocycles. The van der Waals surface area contributed by atoms with Gasteiger partial charge in [0.15, 0.2) is 0 Å². The standard InChI is InChI=1S/C15H25N3O/c1-2-3-13-19-18-11-5-9-17(10-6-12-18)15-7-4-8-16-14-15/h4,7-8,14H,2-3,5-6,9-13H2,1H3. The third-order valence-corrected chi connectivity index (χ3v) is 3.45. The van der Waals surface area contributed by atoms with Crippen LogP contribution in [0.4, 0.5) is 5.69 Å². The van der Waals surface area contributed by atoms with E-state index >= 15 is 0 Å². The second-order valence-corrected chi connectivity index (χ2v) is 5.02. The highest BCUT2D eigenvalue weighted by Gasteiger charge is 2.13. The number of hydrogen-bond donors (Lipinski definition) is 0. The van der Waals surface area contributed by atoms with Gasteiger partial charge in [0.25, 0.3) is 0 Å². The number of hydroxylamine groups is 2. The SMILES string of the molecule is CCCCON1CCCN(c2cccnc2)CCC1. The third-order valence-electron chi connectivity index (χ3n) is 3.45. The van der Waals surface area contributed by atoms with E-state index < -0.39 is 0 Å². The molecule has 0 unspecified atom stereocenters. The lowest BCUT2D eigenvalue weighted by atomic mass is 10.2. The number of anilines is 1. The van der Waals surface area contributed by atoms with Crippen LogP contribution in [0.1, 0.15) is 32.6 Å². The number of aromatic nitrogens is 1. The van der Waals surface area contributed by atoms with Crippen LogP contribution in [-0.4, -0.2) is 42.8 Å². The maximum absolute atomic E-state index is 5.80. The third kappa shape index (κ3) is 4.80. The van der Waals surface area contributed by atoms with Crippen LogP contribution in [0, 0.1) is 0 Å². The number of rotatable bonds is 5. The van der Waals surface area contributed by atoms with Gasteiger partial charge >= 0.3 is 0 Å². The summed E-state index contributed by atoms with van der Waals surface area (Å²) in [5, 5.41) is 2.15. The Bertz CT molecular complexity index is 335. The summed E-state index contributed by atoms with van der Waals surface area (Å²) in [6.07, 6.45) is 8.41. The van der Waals surface area contributed by atoms with Gasteiger partial charge in [0.2, 0.25) is 0 Å². The lowest BCUT2D eigenvalue weighted by Crippen LogP contribution is -2.37. The Balaban J connectivity index is 1.77. The molecule has 0 N–H and O–H groups in total. The Hall–Kier alpha value is -1.13. The van der Waals surface area contributed by atoms with Gasteiger partial charge in [0, 0.05) is 32.4 Å². The monoisotopic (exact) mass is 263 g/mol. The number of hydrogen-bond acceptors (Lipinski definition) is 4.